The third kappa shape index (κ3) is 4.10. The lowest BCUT2D eigenvalue weighted by Gasteiger charge is -2.18. The second kappa shape index (κ2) is 5.48. The van der Waals surface area contributed by atoms with Crippen LogP contribution in [0.5, 0.6) is 5.75 Å². The minimum absolute atomic E-state index is 0.0796. The molecule has 1 amide bonds. The summed E-state index contributed by atoms with van der Waals surface area (Å²) in [6.45, 7) is -0.468. The quantitative estimate of drug-likeness (QED) is 0.925. The summed E-state index contributed by atoms with van der Waals surface area (Å²) in [5, 5.41) is 9.72. The molecule has 1 aromatic carbocycles. The van der Waals surface area contributed by atoms with Crippen LogP contribution in [0.25, 0.3) is 0 Å². The number of hydrogen-bond donors (Lipinski definition) is 1. The molecule has 0 aliphatic rings. The van der Waals surface area contributed by atoms with Crippen molar-refractivity contribution in [2.24, 2.45) is 0 Å². The molecule has 0 aliphatic heterocycles. The number of carbonyl (C=O) groups excluding carboxylic acids is 1. The molecule has 1 N–H and O–H groups in total. The van der Waals surface area contributed by atoms with Gasteiger partial charge in [-0.2, -0.15) is 13.2 Å². The number of hydrogen-bond acceptors (Lipinski definition) is 2. The van der Waals surface area contributed by atoms with Gasteiger partial charge in [-0.1, -0.05) is 11.6 Å². The number of phenols is 1. The summed E-state index contributed by atoms with van der Waals surface area (Å²) in [5.41, 5.74) is -0.0796. The lowest BCUT2D eigenvalue weighted by molar-refractivity contribution is -0.136. The largest absolute Gasteiger partial charge is 0.507 e. The van der Waals surface area contributed by atoms with Crippen LogP contribution < -0.4 is 0 Å². The van der Waals surface area contributed by atoms with Crippen LogP contribution in [0.3, 0.4) is 0 Å². The number of phenolic OH excluding ortho intramolecular Hbond substituents is 1. The third-order valence-electron chi connectivity index (χ3n) is 2.27. The second-order valence-electron chi connectivity index (χ2n) is 3.75. The van der Waals surface area contributed by atoms with Gasteiger partial charge >= 0.3 is 6.18 Å². The fourth-order valence-electron chi connectivity index (χ4n) is 1.29. The van der Waals surface area contributed by atoms with Gasteiger partial charge in [-0.25, -0.2) is 0 Å². The molecule has 0 saturated carbocycles. The monoisotopic (exact) mass is 281 g/mol. The highest BCUT2D eigenvalue weighted by Crippen LogP contribution is 2.24. The molecular weight excluding hydrogens is 271 g/mol. The number of carbonyl (C=O) groups is 1. The number of nitrogens with zero attached hydrogens (tertiary/aromatic N) is 1. The molecule has 0 unspecified atom stereocenters. The van der Waals surface area contributed by atoms with E-state index in [4.69, 9.17) is 11.6 Å². The van der Waals surface area contributed by atoms with Gasteiger partial charge < -0.3 is 10.0 Å². The number of benzene rings is 1. The highest BCUT2D eigenvalue weighted by molar-refractivity contribution is 6.30. The van der Waals surface area contributed by atoms with Crippen molar-refractivity contribution in [2.45, 2.75) is 12.6 Å². The van der Waals surface area contributed by atoms with E-state index in [0.29, 0.717) is 0 Å². The molecule has 0 bridgehead atoms. The molecule has 18 heavy (non-hydrogen) atoms. The minimum Gasteiger partial charge on any atom is -0.507 e. The first-order valence-electron chi connectivity index (χ1n) is 5.01. The maximum atomic E-state index is 12.0. The van der Waals surface area contributed by atoms with Crippen LogP contribution in [0.2, 0.25) is 5.02 Å². The molecule has 3 nitrogen and oxygen atoms in total. The lowest BCUT2D eigenvalue weighted by Crippen LogP contribution is -2.30. The molecule has 0 heterocycles. The van der Waals surface area contributed by atoms with Gasteiger partial charge in [0.15, 0.2) is 0 Å². The SMILES string of the molecule is CN(CCC(F)(F)F)C(=O)c1ccc(Cl)cc1O. The standard InChI is InChI=1S/C11H11ClF3NO2/c1-16(5-4-11(13,14)15)10(18)8-3-2-7(12)6-9(8)17/h2-3,6,17H,4-5H2,1H3. The van der Waals surface area contributed by atoms with E-state index < -0.39 is 25.0 Å². The zero-order valence-corrected chi connectivity index (χ0v) is 10.2. The van der Waals surface area contributed by atoms with E-state index in [-0.39, 0.29) is 16.3 Å². The van der Waals surface area contributed by atoms with Crippen LogP contribution in [0.4, 0.5) is 13.2 Å². The molecule has 0 aliphatic carbocycles. The Morgan fingerprint density at radius 3 is 2.56 bits per heavy atom. The molecule has 1 rings (SSSR count). The van der Waals surface area contributed by atoms with Crippen LogP contribution >= 0.6 is 11.6 Å². The first-order valence-corrected chi connectivity index (χ1v) is 5.39. The first-order chi connectivity index (χ1) is 8.20. The molecule has 0 fully saturated rings. The molecule has 0 spiro atoms. The van der Waals surface area contributed by atoms with Gasteiger partial charge in [0.05, 0.1) is 12.0 Å². The number of alkyl halides is 3. The van der Waals surface area contributed by atoms with Gasteiger partial charge in [0.1, 0.15) is 5.75 Å². The van der Waals surface area contributed by atoms with Gasteiger partial charge in [0, 0.05) is 18.6 Å². The average Bonchev–Trinajstić information content (AvgIpc) is 2.24. The summed E-state index contributed by atoms with van der Waals surface area (Å²) in [6.07, 6.45) is -5.42. The van der Waals surface area contributed by atoms with E-state index in [1.54, 1.807) is 0 Å². The number of halogens is 4. The molecular formula is C11H11ClF3NO2. The van der Waals surface area contributed by atoms with Crippen LogP contribution in [0.1, 0.15) is 16.8 Å². The van der Waals surface area contributed by atoms with Crippen LogP contribution in [-0.4, -0.2) is 35.7 Å². The fourth-order valence-corrected chi connectivity index (χ4v) is 1.45. The van der Waals surface area contributed by atoms with Crippen molar-refractivity contribution in [3.63, 3.8) is 0 Å². The van der Waals surface area contributed by atoms with Gasteiger partial charge in [-0.15, -0.1) is 0 Å². The topological polar surface area (TPSA) is 40.5 Å². The van der Waals surface area contributed by atoms with Crippen molar-refractivity contribution in [1.82, 2.24) is 4.90 Å². The van der Waals surface area contributed by atoms with Crippen molar-refractivity contribution >= 4 is 17.5 Å². The number of rotatable bonds is 3. The Hall–Kier alpha value is -1.43. The highest BCUT2D eigenvalue weighted by Gasteiger charge is 2.28. The average molecular weight is 282 g/mol. The maximum absolute atomic E-state index is 12.0. The normalized spacial score (nSPS) is 11.4. The number of amides is 1. The maximum Gasteiger partial charge on any atom is 0.390 e. The Balaban J connectivity index is 2.74. The van der Waals surface area contributed by atoms with E-state index >= 15 is 0 Å². The minimum atomic E-state index is -4.32. The third-order valence-corrected chi connectivity index (χ3v) is 2.50. The van der Waals surface area contributed by atoms with Crippen molar-refractivity contribution in [2.75, 3.05) is 13.6 Å². The predicted octanol–water partition coefficient (Wildman–Crippen LogP) is 3.07. The molecule has 0 radical (unpaired) electrons. The Morgan fingerprint density at radius 1 is 1.44 bits per heavy atom. The Labute approximate surface area is 107 Å². The summed E-state index contributed by atoms with van der Waals surface area (Å²) < 4.78 is 36.0. The zero-order valence-electron chi connectivity index (χ0n) is 9.46. The molecule has 0 atom stereocenters. The van der Waals surface area contributed by atoms with Crippen molar-refractivity contribution in [3.05, 3.63) is 28.8 Å². The molecule has 1 aromatic rings. The van der Waals surface area contributed by atoms with E-state index in [1.165, 1.54) is 19.2 Å². The summed E-state index contributed by atoms with van der Waals surface area (Å²) in [5.74, 6) is -1.04. The highest BCUT2D eigenvalue weighted by atomic mass is 35.5. The predicted molar refractivity (Wildman–Crippen MR) is 60.7 cm³/mol. The zero-order chi connectivity index (χ0) is 13.9. The van der Waals surface area contributed by atoms with Gasteiger partial charge in [-0.05, 0) is 18.2 Å². The lowest BCUT2D eigenvalue weighted by atomic mass is 10.1. The van der Waals surface area contributed by atoms with Gasteiger partial charge in [0.2, 0.25) is 0 Å². The van der Waals surface area contributed by atoms with E-state index in [1.807, 2.05) is 0 Å². The Kier molecular flexibility index (Phi) is 4.45. The van der Waals surface area contributed by atoms with Crippen molar-refractivity contribution in [3.8, 4) is 5.75 Å². The molecule has 100 valence electrons. The summed E-state index contributed by atoms with van der Waals surface area (Å²) in [7, 11) is 1.24. The summed E-state index contributed by atoms with van der Waals surface area (Å²) in [4.78, 5) is 12.6. The number of aromatic hydroxyl groups is 1. The van der Waals surface area contributed by atoms with Gasteiger partial charge in [0.25, 0.3) is 5.91 Å². The van der Waals surface area contributed by atoms with E-state index in [0.717, 1.165) is 11.0 Å². The van der Waals surface area contributed by atoms with Crippen molar-refractivity contribution < 1.29 is 23.1 Å². The van der Waals surface area contributed by atoms with Gasteiger partial charge in [-0.3, -0.25) is 4.79 Å². The molecule has 7 heteroatoms. The van der Waals surface area contributed by atoms with Crippen LogP contribution in [-0.2, 0) is 0 Å². The summed E-state index contributed by atoms with van der Waals surface area (Å²) >= 11 is 5.59. The van der Waals surface area contributed by atoms with Crippen LogP contribution in [0, 0.1) is 0 Å². The summed E-state index contributed by atoms with van der Waals surface area (Å²) in [6, 6.07) is 3.81. The Morgan fingerprint density at radius 2 is 2.06 bits per heavy atom. The fraction of sp³-hybridized carbons (Fsp3) is 0.364. The Bertz CT molecular complexity index is 448. The van der Waals surface area contributed by atoms with Crippen molar-refractivity contribution in [1.29, 1.82) is 0 Å². The van der Waals surface area contributed by atoms with E-state index in [2.05, 4.69) is 0 Å². The molecule has 0 saturated heterocycles. The van der Waals surface area contributed by atoms with Crippen LogP contribution in [0.15, 0.2) is 18.2 Å². The smallest absolute Gasteiger partial charge is 0.390 e. The second-order valence-corrected chi connectivity index (χ2v) is 4.19. The van der Waals surface area contributed by atoms with E-state index in [9.17, 15) is 23.1 Å². The first kappa shape index (κ1) is 14.6. The molecule has 0 aromatic heterocycles.